The topological polar surface area (TPSA) is 50.4 Å². The highest BCUT2D eigenvalue weighted by atomic mass is 16.5. The van der Waals surface area contributed by atoms with Crippen LogP contribution in [0.2, 0.25) is 0 Å². The van der Waals surface area contributed by atoms with E-state index in [0.717, 1.165) is 17.9 Å². The molecule has 112 valence electrons. The molecule has 20 heavy (non-hydrogen) atoms. The fourth-order valence-corrected chi connectivity index (χ4v) is 2.10. The quantitative estimate of drug-likeness (QED) is 0.768. The molecule has 0 aliphatic heterocycles. The summed E-state index contributed by atoms with van der Waals surface area (Å²) in [4.78, 5) is 11.9. The molecule has 0 spiro atoms. The predicted molar refractivity (Wildman–Crippen MR) is 81.9 cm³/mol. The van der Waals surface area contributed by atoms with Crippen molar-refractivity contribution in [3.8, 4) is 5.75 Å². The average molecular weight is 278 g/mol. The summed E-state index contributed by atoms with van der Waals surface area (Å²) in [6.07, 6.45) is 0.495. The number of rotatable bonds is 8. The van der Waals surface area contributed by atoms with Gasteiger partial charge in [-0.25, -0.2) is 0 Å². The molecule has 2 N–H and O–H groups in total. The van der Waals surface area contributed by atoms with E-state index in [9.17, 15) is 4.79 Å². The minimum atomic E-state index is 0.00648. The number of hydrogen-bond acceptors (Lipinski definition) is 3. The van der Waals surface area contributed by atoms with E-state index in [-0.39, 0.29) is 18.0 Å². The molecule has 0 aromatic heterocycles. The van der Waals surface area contributed by atoms with E-state index >= 15 is 0 Å². The van der Waals surface area contributed by atoms with E-state index in [0.29, 0.717) is 13.0 Å². The molecule has 2 atom stereocenters. The Hall–Kier alpha value is -1.55. The van der Waals surface area contributed by atoms with Crippen molar-refractivity contribution in [1.29, 1.82) is 0 Å². The molecule has 0 heterocycles. The molecule has 1 aromatic rings. The van der Waals surface area contributed by atoms with E-state index in [1.54, 1.807) is 0 Å². The van der Waals surface area contributed by atoms with Crippen LogP contribution < -0.4 is 15.4 Å². The van der Waals surface area contributed by atoms with Crippen LogP contribution in [0, 0.1) is 0 Å². The molecule has 4 heteroatoms. The van der Waals surface area contributed by atoms with Crippen LogP contribution >= 0.6 is 0 Å². The van der Waals surface area contributed by atoms with Crippen LogP contribution in [0.4, 0.5) is 0 Å². The molecule has 4 nitrogen and oxygen atoms in total. The molecule has 1 rings (SSSR count). The maximum Gasteiger partial charge on any atom is 0.222 e. The summed E-state index contributed by atoms with van der Waals surface area (Å²) in [7, 11) is 0. The maximum atomic E-state index is 11.9. The van der Waals surface area contributed by atoms with E-state index < -0.39 is 0 Å². The molecule has 0 radical (unpaired) electrons. The molecule has 0 bridgehead atoms. The summed E-state index contributed by atoms with van der Waals surface area (Å²) < 4.78 is 5.41. The van der Waals surface area contributed by atoms with Gasteiger partial charge in [0.1, 0.15) is 5.75 Å². The van der Waals surface area contributed by atoms with Crippen molar-refractivity contribution < 1.29 is 9.53 Å². The Balaban J connectivity index is 2.48. The van der Waals surface area contributed by atoms with Gasteiger partial charge in [0.2, 0.25) is 5.91 Å². The van der Waals surface area contributed by atoms with Crippen molar-refractivity contribution in [1.82, 2.24) is 10.6 Å². The smallest absolute Gasteiger partial charge is 0.222 e. The lowest BCUT2D eigenvalue weighted by Crippen LogP contribution is -2.34. The second-order valence-corrected chi connectivity index (χ2v) is 4.95. The van der Waals surface area contributed by atoms with Crippen molar-refractivity contribution in [2.75, 3.05) is 13.2 Å². The third-order valence-electron chi connectivity index (χ3n) is 3.11. The van der Waals surface area contributed by atoms with E-state index in [1.807, 2.05) is 52.0 Å². The lowest BCUT2D eigenvalue weighted by molar-refractivity contribution is -0.122. The highest BCUT2D eigenvalue weighted by Crippen LogP contribution is 2.17. The summed E-state index contributed by atoms with van der Waals surface area (Å²) >= 11 is 0. The zero-order valence-corrected chi connectivity index (χ0v) is 12.9. The Morgan fingerprint density at radius 3 is 2.40 bits per heavy atom. The van der Waals surface area contributed by atoms with Crippen molar-refractivity contribution in [2.24, 2.45) is 0 Å². The zero-order valence-electron chi connectivity index (χ0n) is 12.9. The van der Waals surface area contributed by atoms with Gasteiger partial charge >= 0.3 is 0 Å². The molecule has 0 saturated heterocycles. The zero-order chi connectivity index (χ0) is 15.0. The number of benzene rings is 1. The highest BCUT2D eigenvalue weighted by Gasteiger charge is 2.12. The minimum Gasteiger partial charge on any atom is -0.494 e. The third kappa shape index (κ3) is 5.61. The molecular weight excluding hydrogens is 252 g/mol. The van der Waals surface area contributed by atoms with Crippen LogP contribution in [0.25, 0.3) is 0 Å². The van der Waals surface area contributed by atoms with Crippen molar-refractivity contribution in [3.05, 3.63) is 29.8 Å². The van der Waals surface area contributed by atoms with Crippen LogP contribution in [0.1, 0.15) is 45.7 Å². The van der Waals surface area contributed by atoms with E-state index in [4.69, 9.17) is 4.74 Å². The van der Waals surface area contributed by atoms with Crippen molar-refractivity contribution in [3.63, 3.8) is 0 Å². The Morgan fingerprint density at radius 1 is 1.20 bits per heavy atom. The molecule has 1 aromatic carbocycles. The molecule has 0 fully saturated rings. The maximum absolute atomic E-state index is 11.9. The van der Waals surface area contributed by atoms with Gasteiger partial charge in [0.15, 0.2) is 0 Å². The van der Waals surface area contributed by atoms with Crippen molar-refractivity contribution in [2.45, 2.75) is 46.2 Å². The fraction of sp³-hybridized carbons (Fsp3) is 0.562. The lowest BCUT2D eigenvalue weighted by Gasteiger charge is -2.17. The van der Waals surface area contributed by atoms with E-state index in [1.165, 1.54) is 0 Å². The van der Waals surface area contributed by atoms with Crippen molar-refractivity contribution >= 4 is 5.91 Å². The van der Waals surface area contributed by atoms with Crippen LogP contribution in [0.5, 0.6) is 5.75 Å². The van der Waals surface area contributed by atoms with Crippen LogP contribution in [-0.4, -0.2) is 25.1 Å². The van der Waals surface area contributed by atoms with Gasteiger partial charge in [0.05, 0.1) is 12.6 Å². The molecule has 2 unspecified atom stereocenters. The second-order valence-electron chi connectivity index (χ2n) is 4.95. The molecule has 0 saturated carbocycles. The second kappa shape index (κ2) is 8.59. The molecule has 0 aliphatic carbocycles. The van der Waals surface area contributed by atoms with Gasteiger partial charge in [-0.3, -0.25) is 4.79 Å². The number of ether oxygens (including phenoxy) is 1. The summed E-state index contributed by atoms with van der Waals surface area (Å²) in [5.41, 5.74) is 1.08. The van der Waals surface area contributed by atoms with Gasteiger partial charge in [-0.1, -0.05) is 19.1 Å². The number of nitrogens with one attached hydrogen (secondary N) is 2. The summed E-state index contributed by atoms with van der Waals surface area (Å²) in [5.74, 6) is 0.926. The normalized spacial score (nSPS) is 13.6. The first-order valence-electron chi connectivity index (χ1n) is 7.32. The average Bonchev–Trinajstić information content (AvgIpc) is 2.39. The van der Waals surface area contributed by atoms with Crippen LogP contribution in [0.15, 0.2) is 24.3 Å². The number of amides is 1. The van der Waals surface area contributed by atoms with Gasteiger partial charge in [0.25, 0.3) is 0 Å². The van der Waals surface area contributed by atoms with E-state index in [2.05, 4.69) is 10.6 Å². The Bertz CT molecular complexity index is 403. The van der Waals surface area contributed by atoms with Crippen LogP contribution in [-0.2, 0) is 4.79 Å². The molecule has 1 amide bonds. The third-order valence-corrected chi connectivity index (χ3v) is 3.11. The highest BCUT2D eigenvalue weighted by molar-refractivity contribution is 5.77. The number of hydrogen-bond donors (Lipinski definition) is 2. The van der Waals surface area contributed by atoms with Gasteiger partial charge in [-0.05, 0) is 45.0 Å². The standard InChI is InChI=1S/C16H26N2O2/c1-5-17-12(3)11-16(19)18-13(4)14-7-9-15(10-8-14)20-6-2/h7-10,12-13,17H,5-6,11H2,1-4H3,(H,18,19). The first kappa shape index (κ1) is 16.5. The lowest BCUT2D eigenvalue weighted by atomic mass is 10.1. The largest absolute Gasteiger partial charge is 0.494 e. The predicted octanol–water partition coefficient (Wildman–Crippen LogP) is 2.65. The van der Waals surface area contributed by atoms with Gasteiger partial charge < -0.3 is 15.4 Å². The minimum absolute atomic E-state index is 0.00648. The Morgan fingerprint density at radius 2 is 1.85 bits per heavy atom. The van der Waals surface area contributed by atoms with Gasteiger partial charge in [-0.15, -0.1) is 0 Å². The molecule has 0 aliphatic rings. The SMILES string of the molecule is CCNC(C)CC(=O)NC(C)c1ccc(OCC)cc1. The summed E-state index contributed by atoms with van der Waals surface area (Å²) in [6, 6.07) is 8.05. The summed E-state index contributed by atoms with van der Waals surface area (Å²) in [5, 5.41) is 6.25. The summed E-state index contributed by atoms with van der Waals surface area (Å²) in [6.45, 7) is 9.55. The Kier molecular flexibility index (Phi) is 7.09. The fourth-order valence-electron chi connectivity index (χ4n) is 2.10. The Labute approximate surface area is 121 Å². The van der Waals surface area contributed by atoms with Crippen LogP contribution in [0.3, 0.4) is 0 Å². The molecular formula is C16H26N2O2. The first-order chi connectivity index (χ1) is 9.56. The number of carbonyl (C=O) groups excluding carboxylic acids is 1. The van der Waals surface area contributed by atoms with Gasteiger partial charge in [0, 0.05) is 12.5 Å². The number of carbonyl (C=O) groups is 1. The van der Waals surface area contributed by atoms with Gasteiger partial charge in [-0.2, -0.15) is 0 Å². The first-order valence-corrected chi connectivity index (χ1v) is 7.32. The monoisotopic (exact) mass is 278 g/mol.